The summed E-state index contributed by atoms with van der Waals surface area (Å²) in [5.74, 6) is 0.187. The van der Waals surface area contributed by atoms with E-state index in [4.69, 9.17) is 4.74 Å². The standard InChI is InChI=1S/C12H15F3N4O2/c13-12(14,15)8-17-11(20)18-10-2-1-9(7-16-10)19-3-5-21-6-4-19/h1-2,7H,3-6,8H2,(H2,16,17,18,20). The quantitative estimate of drug-likeness (QED) is 0.890. The van der Waals surface area contributed by atoms with Gasteiger partial charge < -0.3 is 15.0 Å². The van der Waals surface area contributed by atoms with Gasteiger partial charge in [0, 0.05) is 13.1 Å². The van der Waals surface area contributed by atoms with Crippen LogP contribution >= 0.6 is 0 Å². The van der Waals surface area contributed by atoms with Gasteiger partial charge in [0.05, 0.1) is 25.1 Å². The molecule has 0 aromatic carbocycles. The summed E-state index contributed by atoms with van der Waals surface area (Å²) in [5.41, 5.74) is 0.875. The molecule has 6 nitrogen and oxygen atoms in total. The third-order valence-electron chi connectivity index (χ3n) is 2.82. The molecule has 9 heteroatoms. The Labute approximate surface area is 119 Å². The van der Waals surface area contributed by atoms with Gasteiger partial charge in [-0.05, 0) is 12.1 Å². The monoisotopic (exact) mass is 304 g/mol. The highest BCUT2D eigenvalue weighted by molar-refractivity contribution is 5.88. The number of amides is 2. The second-order valence-electron chi connectivity index (χ2n) is 4.42. The Morgan fingerprint density at radius 3 is 2.62 bits per heavy atom. The molecule has 1 aliphatic rings. The number of nitrogens with zero attached hydrogens (tertiary/aromatic N) is 2. The Morgan fingerprint density at radius 1 is 1.33 bits per heavy atom. The van der Waals surface area contributed by atoms with Crippen molar-refractivity contribution in [2.75, 3.05) is 43.1 Å². The molecule has 1 saturated heterocycles. The molecule has 116 valence electrons. The van der Waals surface area contributed by atoms with Crippen LogP contribution in [0.3, 0.4) is 0 Å². The van der Waals surface area contributed by atoms with E-state index in [-0.39, 0.29) is 5.82 Å². The number of aromatic nitrogens is 1. The fraction of sp³-hybridized carbons (Fsp3) is 0.500. The molecule has 1 aromatic heterocycles. The largest absolute Gasteiger partial charge is 0.405 e. The van der Waals surface area contributed by atoms with Crippen molar-refractivity contribution in [1.29, 1.82) is 0 Å². The molecule has 0 radical (unpaired) electrons. The number of morpholine rings is 1. The maximum Gasteiger partial charge on any atom is 0.405 e. The zero-order chi connectivity index (χ0) is 15.3. The zero-order valence-corrected chi connectivity index (χ0v) is 11.1. The number of anilines is 2. The van der Waals surface area contributed by atoms with Gasteiger partial charge in [-0.2, -0.15) is 13.2 Å². The fourth-order valence-corrected chi connectivity index (χ4v) is 1.81. The molecule has 1 aromatic rings. The summed E-state index contributed by atoms with van der Waals surface area (Å²) >= 11 is 0. The Morgan fingerprint density at radius 2 is 2.05 bits per heavy atom. The number of nitrogens with one attached hydrogen (secondary N) is 2. The fourth-order valence-electron chi connectivity index (χ4n) is 1.81. The predicted octanol–water partition coefficient (Wildman–Crippen LogP) is 1.60. The van der Waals surface area contributed by atoms with Crippen molar-refractivity contribution in [2.45, 2.75) is 6.18 Å². The minimum atomic E-state index is -4.44. The van der Waals surface area contributed by atoms with Crippen LogP contribution in [0.1, 0.15) is 0 Å². The van der Waals surface area contributed by atoms with Crippen LogP contribution in [0.5, 0.6) is 0 Å². The molecule has 1 aliphatic heterocycles. The van der Waals surface area contributed by atoms with E-state index in [9.17, 15) is 18.0 Å². The van der Waals surface area contributed by atoms with Crippen LogP contribution in [0, 0.1) is 0 Å². The van der Waals surface area contributed by atoms with Gasteiger partial charge in [0.25, 0.3) is 0 Å². The number of ether oxygens (including phenoxy) is 1. The van der Waals surface area contributed by atoms with Crippen molar-refractivity contribution < 1.29 is 22.7 Å². The van der Waals surface area contributed by atoms with Crippen LogP contribution < -0.4 is 15.5 Å². The summed E-state index contributed by atoms with van der Waals surface area (Å²) < 4.78 is 41.1. The highest BCUT2D eigenvalue weighted by Crippen LogP contribution is 2.16. The molecule has 0 atom stereocenters. The number of alkyl halides is 3. The number of pyridine rings is 1. The average molecular weight is 304 g/mol. The first-order valence-corrected chi connectivity index (χ1v) is 6.34. The molecular formula is C12H15F3N4O2. The molecule has 0 unspecified atom stereocenters. The molecular weight excluding hydrogens is 289 g/mol. The van der Waals surface area contributed by atoms with Crippen molar-refractivity contribution in [1.82, 2.24) is 10.3 Å². The number of hydrogen-bond donors (Lipinski definition) is 2. The van der Waals surface area contributed by atoms with Gasteiger partial charge in [0.2, 0.25) is 0 Å². The van der Waals surface area contributed by atoms with E-state index in [1.165, 1.54) is 6.07 Å². The average Bonchev–Trinajstić information content (AvgIpc) is 2.46. The van der Waals surface area contributed by atoms with Crippen LogP contribution in [0.25, 0.3) is 0 Å². The lowest BCUT2D eigenvalue weighted by atomic mass is 10.3. The molecule has 21 heavy (non-hydrogen) atoms. The van der Waals surface area contributed by atoms with Gasteiger partial charge in [0.1, 0.15) is 12.4 Å². The summed E-state index contributed by atoms with van der Waals surface area (Å²) in [6.07, 6.45) is -2.88. The zero-order valence-electron chi connectivity index (χ0n) is 11.1. The topological polar surface area (TPSA) is 66.5 Å². The summed E-state index contributed by atoms with van der Waals surface area (Å²) in [6, 6.07) is 2.34. The highest BCUT2D eigenvalue weighted by Gasteiger charge is 2.27. The number of hydrogen-bond acceptors (Lipinski definition) is 4. The van der Waals surface area contributed by atoms with Gasteiger partial charge >= 0.3 is 12.2 Å². The van der Waals surface area contributed by atoms with Gasteiger partial charge in [-0.1, -0.05) is 0 Å². The third-order valence-corrected chi connectivity index (χ3v) is 2.82. The maximum absolute atomic E-state index is 11.9. The van der Waals surface area contributed by atoms with E-state index in [0.29, 0.717) is 13.2 Å². The number of carbonyl (C=O) groups excluding carboxylic acids is 1. The van der Waals surface area contributed by atoms with Crippen molar-refractivity contribution >= 4 is 17.5 Å². The number of rotatable bonds is 3. The Kier molecular flexibility index (Phi) is 4.84. The summed E-state index contributed by atoms with van der Waals surface area (Å²) in [7, 11) is 0. The van der Waals surface area contributed by atoms with Crippen LogP contribution in [-0.4, -0.2) is 50.0 Å². The van der Waals surface area contributed by atoms with Crippen LogP contribution in [0.2, 0.25) is 0 Å². The van der Waals surface area contributed by atoms with Gasteiger partial charge in [-0.15, -0.1) is 0 Å². The van der Waals surface area contributed by atoms with Crippen LogP contribution in [-0.2, 0) is 4.74 Å². The normalized spacial score (nSPS) is 15.7. The molecule has 0 bridgehead atoms. The lowest BCUT2D eigenvalue weighted by Crippen LogP contribution is -2.37. The van der Waals surface area contributed by atoms with E-state index in [1.807, 2.05) is 0 Å². The Balaban J connectivity index is 1.85. The smallest absolute Gasteiger partial charge is 0.378 e. The van der Waals surface area contributed by atoms with E-state index in [0.717, 1.165) is 18.8 Å². The van der Waals surface area contributed by atoms with Gasteiger partial charge in [-0.3, -0.25) is 5.32 Å². The van der Waals surface area contributed by atoms with E-state index in [2.05, 4.69) is 15.2 Å². The Bertz CT molecular complexity index is 472. The summed E-state index contributed by atoms with van der Waals surface area (Å²) in [4.78, 5) is 17.3. The second-order valence-corrected chi connectivity index (χ2v) is 4.42. The van der Waals surface area contributed by atoms with Crippen molar-refractivity contribution in [3.63, 3.8) is 0 Å². The van der Waals surface area contributed by atoms with E-state index >= 15 is 0 Å². The second kappa shape index (κ2) is 6.61. The first-order chi connectivity index (χ1) is 9.94. The molecule has 2 N–H and O–H groups in total. The van der Waals surface area contributed by atoms with E-state index < -0.39 is 18.8 Å². The molecule has 0 aliphatic carbocycles. The Hall–Kier alpha value is -2.03. The SMILES string of the molecule is O=C(NCC(F)(F)F)Nc1ccc(N2CCOCC2)cn1. The summed E-state index contributed by atoms with van der Waals surface area (Å²) in [5, 5.41) is 3.95. The predicted molar refractivity (Wildman–Crippen MR) is 70.3 cm³/mol. The highest BCUT2D eigenvalue weighted by atomic mass is 19.4. The first-order valence-electron chi connectivity index (χ1n) is 6.34. The van der Waals surface area contributed by atoms with Crippen molar-refractivity contribution in [3.8, 4) is 0 Å². The molecule has 0 saturated carbocycles. The third kappa shape index (κ3) is 5.10. The van der Waals surface area contributed by atoms with Gasteiger partial charge in [-0.25, -0.2) is 9.78 Å². The number of carbonyl (C=O) groups is 1. The van der Waals surface area contributed by atoms with Crippen molar-refractivity contribution in [2.24, 2.45) is 0 Å². The summed E-state index contributed by atoms with van der Waals surface area (Å²) in [6.45, 7) is 1.39. The molecule has 2 heterocycles. The maximum atomic E-state index is 11.9. The first kappa shape index (κ1) is 15.4. The molecule has 0 spiro atoms. The van der Waals surface area contributed by atoms with Crippen LogP contribution in [0.4, 0.5) is 29.5 Å². The molecule has 2 amide bonds. The van der Waals surface area contributed by atoms with Crippen molar-refractivity contribution in [3.05, 3.63) is 18.3 Å². The van der Waals surface area contributed by atoms with Gasteiger partial charge in [0.15, 0.2) is 0 Å². The minimum absolute atomic E-state index is 0.187. The lowest BCUT2D eigenvalue weighted by molar-refractivity contribution is -0.122. The molecule has 2 rings (SSSR count). The lowest BCUT2D eigenvalue weighted by Gasteiger charge is -2.28. The van der Waals surface area contributed by atoms with Crippen LogP contribution in [0.15, 0.2) is 18.3 Å². The van der Waals surface area contributed by atoms with E-state index in [1.54, 1.807) is 17.6 Å². The minimum Gasteiger partial charge on any atom is -0.378 e. The number of halogens is 3. The number of urea groups is 1. The molecule has 1 fully saturated rings.